The van der Waals surface area contributed by atoms with Gasteiger partial charge >= 0.3 is 0 Å². The minimum absolute atomic E-state index is 0.162. The lowest BCUT2D eigenvalue weighted by Crippen LogP contribution is -2.10. The summed E-state index contributed by atoms with van der Waals surface area (Å²) in [4.78, 5) is 0. The van der Waals surface area contributed by atoms with Gasteiger partial charge in [0.1, 0.15) is 0 Å². The Morgan fingerprint density at radius 2 is 1.70 bits per heavy atom. The molecule has 0 saturated carbocycles. The molecule has 0 aliphatic carbocycles. The van der Waals surface area contributed by atoms with Crippen LogP contribution in [-0.2, 0) is 5.41 Å². The van der Waals surface area contributed by atoms with Crippen molar-refractivity contribution in [2.45, 2.75) is 26.2 Å². The van der Waals surface area contributed by atoms with Gasteiger partial charge in [-0.1, -0.05) is 39.0 Å². The third-order valence-corrected chi connectivity index (χ3v) is 3.63. The molecule has 3 nitrogen and oxygen atoms in total. The van der Waals surface area contributed by atoms with E-state index >= 15 is 0 Å². The number of nitrogens with zero attached hydrogens (tertiary/aromatic N) is 2. The Morgan fingerprint density at radius 1 is 1.00 bits per heavy atom. The summed E-state index contributed by atoms with van der Waals surface area (Å²) in [6, 6.07) is 14.4. The highest BCUT2D eigenvalue weighted by Crippen LogP contribution is 2.26. The standard InChI is InChI=1S/C17H19N3/c1-17(2,3)12-7-9-13(10-8-12)20-16-6-4-5-15(18)14(16)11-19-20/h4-11H,18H2,1-3H3. The van der Waals surface area contributed by atoms with Crippen molar-refractivity contribution in [1.82, 2.24) is 9.78 Å². The SMILES string of the molecule is CC(C)(C)c1ccc(-n2ncc3c(N)cccc32)cc1. The van der Waals surface area contributed by atoms with Crippen molar-refractivity contribution >= 4 is 16.6 Å². The molecule has 0 fully saturated rings. The van der Waals surface area contributed by atoms with E-state index in [4.69, 9.17) is 5.73 Å². The summed E-state index contributed by atoms with van der Waals surface area (Å²) in [7, 11) is 0. The van der Waals surface area contributed by atoms with E-state index in [9.17, 15) is 0 Å². The van der Waals surface area contributed by atoms with Gasteiger partial charge in [0.05, 0.1) is 17.4 Å². The summed E-state index contributed by atoms with van der Waals surface area (Å²) >= 11 is 0. The Morgan fingerprint density at radius 3 is 2.35 bits per heavy atom. The number of aromatic nitrogens is 2. The highest BCUT2D eigenvalue weighted by molar-refractivity contribution is 5.91. The molecule has 3 heteroatoms. The third-order valence-electron chi connectivity index (χ3n) is 3.63. The molecule has 20 heavy (non-hydrogen) atoms. The van der Waals surface area contributed by atoms with E-state index in [-0.39, 0.29) is 5.41 Å². The summed E-state index contributed by atoms with van der Waals surface area (Å²) < 4.78 is 1.93. The smallest absolute Gasteiger partial charge is 0.0761 e. The number of nitrogens with two attached hydrogens (primary N) is 1. The monoisotopic (exact) mass is 265 g/mol. The van der Waals surface area contributed by atoms with E-state index in [2.05, 4.69) is 50.1 Å². The van der Waals surface area contributed by atoms with Gasteiger partial charge in [0.15, 0.2) is 0 Å². The fourth-order valence-corrected chi connectivity index (χ4v) is 2.38. The van der Waals surface area contributed by atoms with Gasteiger partial charge in [0.2, 0.25) is 0 Å². The number of nitrogen functional groups attached to an aromatic ring is 1. The van der Waals surface area contributed by atoms with Gasteiger partial charge in [-0.05, 0) is 35.2 Å². The molecule has 0 unspecified atom stereocenters. The van der Waals surface area contributed by atoms with Gasteiger partial charge in [-0.3, -0.25) is 0 Å². The Kier molecular flexibility index (Phi) is 2.78. The molecule has 0 atom stereocenters. The Hall–Kier alpha value is -2.29. The Labute approximate surface area is 119 Å². The number of fused-ring (bicyclic) bond motifs is 1. The number of benzene rings is 2. The van der Waals surface area contributed by atoms with Gasteiger partial charge in [-0.15, -0.1) is 0 Å². The van der Waals surface area contributed by atoms with Crippen molar-refractivity contribution in [3.63, 3.8) is 0 Å². The van der Waals surface area contributed by atoms with E-state index in [0.29, 0.717) is 0 Å². The predicted molar refractivity (Wildman–Crippen MR) is 84.2 cm³/mol. The number of hydrogen-bond donors (Lipinski definition) is 1. The molecular weight excluding hydrogens is 246 g/mol. The van der Waals surface area contributed by atoms with Crippen LogP contribution in [0, 0.1) is 0 Å². The van der Waals surface area contributed by atoms with Crippen LogP contribution in [0.4, 0.5) is 5.69 Å². The summed E-state index contributed by atoms with van der Waals surface area (Å²) in [5, 5.41) is 5.45. The van der Waals surface area contributed by atoms with Crippen LogP contribution >= 0.6 is 0 Å². The summed E-state index contributed by atoms with van der Waals surface area (Å²) in [5.74, 6) is 0. The van der Waals surface area contributed by atoms with E-state index in [1.165, 1.54) is 5.56 Å². The van der Waals surface area contributed by atoms with Gasteiger partial charge < -0.3 is 5.73 Å². The van der Waals surface area contributed by atoms with Crippen LogP contribution in [0.1, 0.15) is 26.3 Å². The van der Waals surface area contributed by atoms with Crippen molar-refractivity contribution in [3.05, 3.63) is 54.2 Å². The molecule has 2 N–H and O–H groups in total. The van der Waals surface area contributed by atoms with Crippen LogP contribution in [0.2, 0.25) is 0 Å². The molecule has 1 aromatic heterocycles. The third kappa shape index (κ3) is 2.05. The van der Waals surface area contributed by atoms with Crippen molar-refractivity contribution < 1.29 is 0 Å². The number of hydrogen-bond acceptors (Lipinski definition) is 2. The van der Waals surface area contributed by atoms with E-state index in [1.54, 1.807) is 0 Å². The summed E-state index contributed by atoms with van der Waals surface area (Å²) in [6.45, 7) is 6.64. The van der Waals surface area contributed by atoms with E-state index in [1.807, 2.05) is 29.1 Å². The average molecular weight is 265 g/mol. The Balaban J connectivity index is 2.10. The zero-order valence-electron chi connectivity index (χ0n) is 12.1. The maximum absolute atomic E-state index is 5.98. The first-order valence-electron chi connectivity index (χ1n) is 6.80. The fourth-order valence-electron chi connectivity index (χ4n) is 2.38. The lowest BCUT2D eigenvalue weighted by atomic mass is 9.87. The molecule has 0 radical (unpaired) electrons. The summed E-state index contributed by atoms with van der Waals surface area (Å²) in [5.41, 5.74) is 10.3. The zero-order chi connectivity index (χ0) is 14.3. The second-order valence-corrected chi connectivity index (χ2v) is 6.13. The molecule has 3 aromatic rings. The van der Waals surface area contributed by atoms with Crippen molar-refractivity contribution in [2.24, 2.45) is 0 Å². The summed E-state index contributed by atoms with van der Waals surface area (Å²) in [6.07, 6.45) is 1.82. The minimum atomic E-state index is 0.162. The predicted octanol–water partition coefficient (Wildman–Crippen LogP) is 3.91. The Bertz CT molecular complexity index is 746. The van der Waals surface area contributed by atoms with Crippen LogP contribution in [0.15, 0.2) is 48.7 Å². The van der Waals surface area contributed by atoms with Gasteiger partial charge in [-0.2, -0.15) is 5.10 Å². The molecule has 0 spiro atoms. The normalized spacial score (nSPS) is 11.9. The zero-order valence-corrected chi connectivity index (χ0v) is 12.1. The number of anilines is 1. The van der Waals surface area contributed by atoms with Crippen LogP contribution < -0.4 is 5.73 Å². The first-order valence-corrected chi connectivity index (χ1v) is 6.80. The maximum Gasteiger partial charge on any atom is 0.0761 e. The molecule has 0 aliphatic heterocycles. The largest absolute Gasteiger partial charge is 0.398 e. The molecular formula is C17H19N3. The fraction of sp³-hybridized carbons (Fsp3) is 0.235. The second-order valence-electron chi connectivity index (χ2n) is 6.13. The second kappa shape index (κ2) is 4.37. The minimum Gasteiger partial charge on any atom is -0.398 e. The van der Waals surface area contributed by atoms with Crippen LogP contribution in [0.25, 0.3) is 16.6 Å². The molecule has 3 rings (SSSR count). The molecule has 2 aromatic carbocycles. The molecule has 0 bridgehead atoms. The first-order chi connectivity index (χ1) is 9.47. The molecule has 0 saturated heterocycles. The van der Waals surface area contributed by atoms with Crippen molar-refractivity contribution in [1.29, 1.82) is 0 Å². The van der Waals surface area contributed by atoms with Crippen molar-refractivity contribution in [2.75, 3.05) is 5.73 Å². The van der Waals surface area contributed by atoms with E-state index < -0.39 is 0 Å². The molecule has 1 heterocycles. The van der Waals surface area contributed by atoms with Crippen LogP contribution in [-0.4, -0.2) is 9.78 Å². The quantitative estimate of drug-likeness (QED) is 0.678. The van der Waals surface area contributed by atoms with Gasteiger partial charge in [0.25, 0.3) is 0 Å². The topological polar surface area (TPSA) is 43.8 Å². The van der Waals surface area contributed by atoms with Gasteiger partial charge in [0, 0.05) is 11.1 Å². The highest BCUT2D eigenvalue weighted by atomic mass is 15.3. The highest BCUT2D eigenvalue weighted by Gasteiger charge is 2.13. The lowest BCUT2D eigenvalue weighted by molar-refractivity contribution is 0.590. The lowest BCUT2D eigenvalue weighted by Gasteiger charge is -2.19. The molecule has 102 valence electrons. The number of rotatable bonds is 1. The van der Waals surface area contributed by atoms with Gasteiger partial charge in [-0.25, -0.2) is 4.68 Å². The van der Waals surface area contributed by atoms with Crippen LogP contribution in [0.3, 0.4) is 0 Å². The maximum atomic E-state index is 5.98. The van der Waals surface area contributed by atoms with Crippen LogP contribution in [0.5, 0.6) is 0 Å². The molecule has 0 amide bonds. The molecule has 0 aliphatic rings. The first kappa shape index (κ1) is 12.7. The van der Waals surface area contributed by atoms with E-state index in [0.717, 1.165) is 22.3 Å². The average Bonchev–Trinajstić information content (AvgIpc) is 2.83. The van der Waals surface area contributed by atoms with Crippen molar-refractivity contribution in [3.8, 4) is 5.69 Å².